The van der Waals surface area contributed by atoms with Crippen LogP contribution in [-0.2, 0) is 4.74 Å². The molecule has 0 bridgehead atoms. The summed E-state index contributed by atoms with van der Waals surface area (Å²) in [6.07, 6.45) is 3.23. The van der Waals surface area contributed by atoms with Crippen molar-refractivity contribution >= 4 is 16.9 Å². The van der Waals surface area contributed by atoms with Gasteiger partial charge in [0.15, 0.2) is 5.76 Å². The van der Waals surface area contributed by atoms with E-state index in [1.807, 2.05) is 11.8 Å². The summed E-state index contributed by atoms with van der Waals surface area (Å²) in [6, 6.07) is 4.49. The van der Waals surface area contributed by atoms with E-state index in [1.165, 1.54) is 12.1 Å². The fourth-order valence-corrected chi connectivity index (χ4v) is 3.71. The molecule has 1 aromatic heterocycles. The number of carbonyl (C=O) groups is 1. The van der Waals surface area contributed by atoms with Crippen molar-refractivity contribution < 1.29 is 18.3 Å². The monoisotopic (exact) mass is 303 g/mol. The van der Waals surface area contributed by atoms with Gasteiger partial charge in [-0.2, -0.15) is 0 Å². The van der Waals surface area contributed by atoms with E-state index in [4.69, 9.17) is 9.15 Å². The molecule has 1 saturated carbocycles. The molecule has 2 aliphatic rings. The molecule has 116 valence electrons. The van der Waals surface area contributed by atoms with E-state index in [0.717, 1.165) is 19.3 Å². The van der Waals surface area contributed by atoms with Crippen LogP contribution in [0.3, 0.4) is 0 Å². The van der Waals surface area contributed by atoms with Crippen molar-refractivity contribution in [2.45, 2.75) is 38.3 Å². The van der Waals surface area contributed by atoms with Crippen LogP contribution in [0.2, 0.25) is 0 Å². The molecule has 0 N–H and O–H groups in total. The van der Waals surface area contributed by atoms with E-state index in [2.05, 4.69) is 0 Å². The molecule has 4 rings (SSSR count). The number of hydrogen-bond acceptors (Lipinski definition) is 3. The molecule has 1 aromatic carbocycles. The van der Waals surface area contributed by atoms with Crippen LogP contribution < -0.4 is 0 Å². The lowest BCUT2D eigenvalue weighted by atomic mass is 10.1. The normalized spacial score (nSPS) is 24.7. The minimum Gasteiger partial charge on any atom is -0.451 e. The number of ether oxygens (including phenoxy) is 1. The van der Waals surface area contributed by atoms with E-state index < -0.39 is 0 Å². The Bertz CT molecular complexity index is 739. The quantitative estimate of drug-likeness (QED) is 0.812. The lowest BCUT2D eigenvalue weighted by molar-refractivity contribution is -0.0454. The van der Waals surface area contributed by atoms with Gasteiger partial charge in [0.1, 0.15) is 11.4 Å². The number of morpholine rings is 1. The van der Waals surface area contributed by atoms with Crippen LogP contribution in [0.15, 0.2) is 22.6 Å². The molecule has 2 heterocycles. The first-order valence-corrected chi connectivity index (χ1v) is 7.76. The van der Waals surface area contributed by atoms with Gasteiger partial charge in [-0.3, -0.25) is 4.79 Å². The molecule has 5 heteroatoms. The largest absolute Gasteiger partial charge is 0.451 e. The zero-order chi connectivity index (χ0) is 15.3. The van der Waals surface area contributed by atoms with Gasteiger partial charge in [-0.1, -0.05) is 0 Å². The van der Waals surface area contributed by atoms with Crippen molar-refractivity contribution in [3.63, 3.8) is 0 Å². The molecule has 0 unspecified atom stereocenters. The molecule has 2 aromatic rings. The van der Waals surface area contributed by atoms with Gasteiger partial charge in [0.05, 0.1) is 18.8 Å². The first kappa shape index (κ1) is 13.8. The second-order valence-electron chi connectivity index (χ2n) is 6.10. The van der Waals surface area contributed by atoms with Gasteiger partial charge in [0.2, 0.25) is 0 Å². The third-order valence-electron chi connectivity index (χ3n) is 4.84. The summed E-state index contributed by atoms with van der Waals surface area (Å²) >= 11 is 0. The topological polar surface area (TPSA) is 42.7 Å². The molecule has 4 nitrogen and oxygen atoms in total. The molecule has 1 aliphatic heterocycles. The fourth-order valence-electron chi connectivity index (χ4n) is 3.71. The number of nitrogens with zero attached hydrogens (tertiary/aromatic N) is 1. The Morgan fingerprint density at radius 3 is 3.09 bits per heavy atom. The van der Waals surface area contributed by atoms with E-state index in [1.54, 1.807) is 6.07 Å². The number of carbonyl (C=O) groups excluding carboxylic acids is 1. The lowest BCUT2D eigenvalue weighted by Gasteiger charge is -2.37. The third kappa shape index (κ3) is 2.03. The van der Waals surface area contributed by atoms with Crippen LogP contribution in [0.4, 0.5) is 4.39 Å². The van der Waals surface area contributed by atoms with Gasteiger partial charge in [-0.05, 0) is 44.4 Å². The third-order valence-corrected chi connectivity index (χ3v) is 4.84. The summed E-state index contributed by atoms with van der Waals surface area (Å²) in [6.45, 7) is 2.97. The van der Waals surface area contributed by atoms with Crippen LogP contribution in [0.1, 0.15) is 35.4 Å². The van der Waals surface area contributed by atoms with Gasteiger partial charge < -0.3 is 14.1 Å². The number of furan rings is 1. The number of halogens is 1. The van der Waals surface area contributed by atoms with E-state index in [0.29, 0.717) is 35.4 Å². The average Bonchev–Trinajstić information content (AvgIpc) is 3.11. The maximum absolute atomic E-state index is 13.4. The predicted molar refractivity (Wildman–Crippen MR) is 79.3 cm³/mol. The first-order valence-electron chi connectivity index (χ1n) is 7.76. The standard InChI is InChI=1S/C17H18FNO3/c1-10-12-9-11(18)5-6-14(12)22-16(10)17(20)19-7-8-21-15-4-2-3-13(15)19/h5-6,9,13,15H,2-4,7-8H2,1H3/t13-,15-/m1/s1. The highest BCUT2D eigenvalue weighted by atomic mass is 19.1. The van der Waals surface area contributed by atoms with Gasteiger partial charge >= 0.3 is 0 Å². The predicted octanol–water partition coefficient (Wildman–Crippen LogP) is 3.27. The highest BCUT2D eigenvalue weighted by Gasteiger charge is 2.40. The highest BCUT2D eigenvalue weighted by molar-refractivity contribution is 5.99. The molecule has 2 atom stereocenters. The van der Waals surface area contributed by atoms with Crippen molar-refractivity contribution in [3.8, 4) is 0 Å². The lowest BCUT2D eigenvalue weighted by Crippen LogP contribution is -2.51. The Balaban J connectivity index is 1.72. The van der Waals surface area contributed by atoms with Crippen LogP contribution >= 0.6 is 0 Å². The number of rotatable bonds is 1. The number of fused-ring (bicyclic) bond motifs is 2. The molecule has 22 heavy (non-hydrogen) atoms. The van der Waals surface area contributed by atoms with Crippen molar-refractivity contribution in [1.82, 2.24) is 4.90 Å². The van der Waals surface area contributed by atoms with Crippen LogP contribution in [0, 0.1) is 12.7 Å². The molecule has 2 fully saturated rings. The Morgan fingerprint density at radius 1 is 1.36 bits per heavy atom. The van der Waals surface area contributed by atoms with E-state index in [-0.39, 0.29) is 23.9 Å². The summed E-state index contributed by atoms with van der Waals surface area (Å²) in [4.78, 5) is 14.8. The van der Waals surface area contributed by atoms with E-state index in [9.17, 15) is 9.18 Å². The van der Waals surface area contributed by atoms with Crippen molar-refractivity contribution in [2.75, 3.05) is 13.2 Å². The Morgan fingerprint density at radius 2 is 2.23 bits per heavy atom. The molecule has 0 spiro atoms. The summed E-state index contributed by atoms with van der Waals surface area (Å²) in [7, 11) is 0. The minimum atomic E-state index is -0.322. The average molecular weight is 303 g/mol. The molecular formula is C17H18FNO3. The second-order valence-corrected chi connectivity index (χ2v) is 6.10. The summed E-state index contributed by atoms with van der Waals surface area (Å²) in [5.74, 6) is -0.0971. The number of aryl methyl sites for hydroxylation is 1. The molecule has 0 radical (unpaired) electrons. The molecular weight excluding hydrogens is 285 g/mol. The zero-order valence-electron chi connectivity index (χ0n) is 12.5. The second kappa shape index (κ2) is 5.09. The Kier molecular flexibility index (Phi) is 3.18. The van der Waals surface area contributed by atoms with Gasteiger partial charge in [0, 0.05) is 17.5 Å². The van der Waals surface area contributed by atoms with Gasteiger partial charge in [-0.25, -0.2) is 4.39 Å². The van der Waals surface area contributed by atoms with Crippen LogP contribution in [-0.4, -0.2) is 36.1 Å². The smallest absolute Gasteiger partial charge is 0.290 e. The highest BCUT2D eigenvalue weighted by Crippen LogP contribution is 2.33. The summed E-state index contributed by atoms with van der Waals surface area (Å²) in [5, 5.41) is 0.666. The van der Waals surface area contributed by atoms with Crippen LogP contribution in [0.25, 0.3) is 11.0 Å². The maximum Gasteiger partial charge on any atom is 0.290 e. The van der Waals surface area contributed by atoms with Crippen molar-refractivity contribution in [1.29, 1.82) is 0 Å². The molecule has 1 aliphatic carbocycles. The molecule has 1 amide bonds. The van der Waals surface area contributed by atoms with Crippen LogP contribution in [0.5, 0.6) is 0 Å². The number of hydrogen-bond donors (Lipinski definition) is 0. The van der Waals surface area contributed by atoms with Gasteiger partial charge in [-0.15, -0.1) is 0 Å². The SMILES string of the molecule is Cc1c(C(=O)N2CCO[C@@H]3CCC[C@H]32)oc2ccc(F)cc12. The first-order chi connectivity index (χ1) is 10.6. The summed E-state index contributed by atoms with van der Waals surface area (Å²) < 4.78 is 24.9. The summed E-state index contributed by atoms with van der Waals surface area (Å²) in [5.41, 5.74) is 1.26. The van der Waals surface area contributed by atoms with Crippen molar-refractivity contribution in [3.05, 3.63) is 35.3 Å². The minimum absolute atomic E-state index is 0.102. The van der Waals surface area contributed by atoms with Gasteiger partial charge in [0.25, 0.3) is 5.91 Å². The fraction of sp³-hybridized carbons (Fsp3) is 0.471. The number of amides is 1. The molecule has 1 saturated heterocycles. The Labute approximate surface area is 127 Å². The number of benzene rings is 1. The maximum atomic E-state index is 13.4. The van der Waals surface area contributed by atoms with E-state index >= 15 is 0 Å². The van der Waals surface area contributed by atoms with Crippen molar-refractivity contribution in [2.24, 2.45) is 0 Å². The zero-order valence-corrected chi connectivity index (χ0v) is 12.5. The Hall–Kier alpha value is -1.88.